The van der Waals surface area contributed by atoms with E-state index in [2.05, 4.69) is 27.4 Å². The molecule has 2 aromatic carbocycles. The second-order valence-electron chi connectivity index (χ2n) is 6.61. The van der Waals surface area contributed by atoms with Gasteiger partial charge in [0.1, 0.15) is 5.02 Å². The molecule has 0 bridgehead atoms. The number of para-hydroxylation sites is 1. The Hall–Kier alpha value is -2.63. The lowest BCUT2D eigenvalue weighted by atomic mass is 10.1. The van der Waals surface area contributed by atoms with Crippen molar-refractivity contribution in [2.45, 2.75) is 12.5 Å². The molecule has 0 spiro atoms. The highest BCUT2D eigenvalue weighted by Gasteiger charge is 2.15. The standard InChI is InChI=1S/C21H23ClN4O/c1-25(2)18(13-16-9-5-3-6-10-16)14-23-19-15-24-26(21(27)20(19)22)17-11-7-4-8-12-17/h3-12,15,18,23H,13-14H2,1-2H3. The summed E-state index contributed by atoms with van der Waals surface area (Å²) in [5.74, 6) is 0. The number of benzene rings is 2. The Bertz CT molecular complexity index is 926. The van der Waals surface area contributed by atoms with Gasteiger partial charge in [0.2, 0.25) is 0 Å². The van der Waals surface area contributed by atoms with Crippen molar-refractivity contribution in [3.8, 4) is 5.69 Å². The van der Waals surface area contributed by atoms with E-state index in [0.29, 0.717) is 17.9 Å². The lowest BCUT2D eigenvalue weighted by Crippen LogP contribution is -2.36. The van der Waals surface area contributed by atoms with Crippen LogP contribution >= 0.6 is 11.6 Å². The fourth-order valence-electron chi connectivity index (χ4n) is 2.86. The number of hydrogen-bond acceptors (Lipinski definition) is 4. The third-order valence-corrected chi connectivity index (χ3v) is 4.86. The van der Waals surface area contributed by atoms with Crippen LogP contribution in [0.15, 0.2) is 71.7 Å². The summed E-state index contributed by atoms with van der Waals surface area (Å²) in [5.41, 5.74) is 2.17. The van der Waals surface area contributed by atoms with E-state index >= 15 is 0 Å². The number of likely N-dealkylation sites (N-methyl/N-ethyl adjacent to an activating group) is 1. The Kier molecular flexibility index (Phi) is 6.27. The number of rotatable bonds is 7. The topological polar surface area (TPSA) is 50.2 Å². The van der Waals surface area contributed by atoms with Crippen LogP contribution in [0.5, 0.6) is 0 Å². The van der Waals surface area contributed by atoms with Crippen LogP contribution in [0.25, 0.3) is 5.69 Å². The van der Waals surface area contributed by atoms with Gasteiger partial charge in [0.25, 0.3) is 5.56 Å². The molecule has 0 saturated carbocycles. The summed E-state index contributed by atoms with van der Waals surface area (Å²) >= 11 is 6.32. The molecular formula is C21H23ClN4O. The van der Waals surface area contributed by atoms with Gasteiger partial charge < -0.3 is 10.2 Å². The Balaban J connectivity index is 1.75. The fourth-order valence-corrected chi connectivity index (χ4v) is 3.06. The number of aromatic nitrogens is 2. The minimum atomic E-state index is -0.336. The van der Waals surface area contributed by atoms with Gasteiger partial charge in [-0.3, -0.25) is 4.79 Å². The van der Waals surface area contributed by atoms with Gasteiger partial charge >= 0.3 is 0 Å². The normalized spacial score (nSPS) is 12.1. The molecule has 0 aliphatic heterocycles. The molecule has 3 aromatic rings. The van der Waals surface area contributed by atoms with E-state index in [1.807, 2.05) is 62.6 Å². The number of nitrogens with zero attached hydrogens (tertiary/aromatic N) is 3. The van der Waals surface area contributed by atoms with Crippen LogP contribution in [0, 0.1) is 0 Å². The maximum atomic E-state index is 12.6. The SMILES string of the molecule is CN(C)C(CNc1cnn(-c2ccccc2)c(=O)c1Cl)Cc1ccccc1. The molecular weight excluding hydrogens is 360 g/mol. The summed E-state index contributed by atoms with van der Waals surface area (Å²) in [7, 11) is 4.09. The molecule has 3 rings (SSSR count). The number of anilines is 1. The molecule has 1 heterocycles. The van der Waals surface area contributed by atoms with E-state index in [1.165, 1.54) is 10.2 Å². The summed E-state index contributed by atoms with van der Waals surface area (Å²) in [6.45, 7) is 0.651. The first kappa shape index (κ1) is 19.1. The second kappa shape index (κ2) is 8.84. The van der Waals surface area contributed by atoms with E-state index in [9.17, 15) is 4.79 Å². The predicted octanol–water partition coefficient (Wildman–Crippen LogP) is 3.47. The lowest BCUT2D eigenvalue weighted by Gasteiger charge is -2.25. The first-order valence-electron chi connectivity index (χ1n) is 8.83. The number of halogens is 1. The van der Waals surface area contributed by atoms with Gasteiger partial charge in [-0.25, -0.2) is 0 Å². The van der Waals surface area contributed by atoms with Crippen LogP contribution in [0.1, 0.15) is 5.56 Å². The number of hydrogen-bond donors (Lipinski definition) is 1. The largest absolute Gasteiger partial charge is 0.381 e. The van der Waals surface area contributed by atoms with Crippen LogP contribution in [0.4, 0.5) is 5.69 Å². The van der Waals surface area contributed by atoms with Gasteiger partial charge in [-0.1, -0.05) is 60.1 Å². The Morgan fingerprint density at radius 3 is 2.33 bits per heavy atom. The van der Waals surface area contributed by atoms with Gasteiger partial charge in [0.15, 0.2) is 0 Å². The zero-order valence-corrected chi connectivity index (χ0v) is 16.2. The third kappa shape index (κ3) is 4.76. The van der Waals surface area contributed by atoms with Crippen molar-refractivity contribution >= 4 is 17.3 Å². The van der Waals surface area contributed by atoms with Gasteiger partial charge in [-0.2, -0.15) is 9.78 Å². The molecule has 6 heteroatoms. The summed E-state index contributed by atoms with van der Waals surface area (Å²) < 4.78 is 1.31. The van der Waals surface area contributed by atoms with Crippen LogP contribution in [-0.4, -0.2) is 41.4 Å². The van der Waals surface area contributed by atoms with Crippen molar-refractivity contribution in [2.24, 2.45) is 0 Å². The molecule has 5 nitrogen and oxygen atoms in total. The molecule has 1 atom stereocenters. The smallest absolute Gasteiger partial charge is 0.292 e. The molecule has 140 valence electrons. The van der Waals surface area contributed by atoms with E-state index in [4.69, 9.17) is 11.6 Å². The highest BCUT2D eigenvalue weighted by molar-refractivity contribution is 6.32. The van der Waals surface area contributed by atoms with E-state index in [0.717, 1.165) is 6.42 Å². The van der Waals surface area contributed by atoms with Gasteiger partial charge in [-0.05, 0) is 38.2 Å². The van der Waals surface area contributed by atoms with Crippen molar-refractivity contribution in [2.75, 3.05) is 26.0 Å². The van der Waals surface area contributed by atoms with Gasteiger partial charge in [-0.15, -0.1) is 0 Å². The minimum absolute atomic E-state index is 0.145. The molecule has 1 aromatic heterocycles. The molecule has 0 saturated heterocycles. The third-order valence-electron chi connectivity index (χ3n) is 4.49. The quantitative estimate of drug-likeness (QED) is 0.679. The number of nitrogens with one attached hydrogen (secondary N) is 1. The summed E-state index contributed by atoms with van der Waals surface area (Å²) in [6.07, 6.45) is 2.50. The van der Waals surface area contributed by atoms with Crippen LogP contribution < -0.4 is 10.9 Å². The highest BCUT2D eigenvalue weighted by atomic mass is 35.5. The molecule has 1 N–H and O–H groups in total. The van der Waals surface area contributed by atoms with Gasteiger partial charge in [0, 0.05) is 12.6 Å². The fraction of sp³-hybridized carbons (Fsp3) is 0.238. The minimum Gasteiger partial charge on any atom is -0.381 e. The molecule has 0 amide bonds. The zero-order valence-electron chi connectivity index (χ0n) is 15.5. The van der Waals surface area contributed by atoms with Crippen molar-refractivity contribution in [3.05, 3.63) is 87.8 Å². The van der Waals surface area contributed by atoms with Crippen LogP contribution in [0.3, 0.4) is 0 Å². The Labute approximate surface area is 164 Å². The zero-order chi connectivity index (χ0) is 19.2. The first-order chi connectivity index (χ1) is 13.1. The lowest BCUT2D eigenvalue weighted by molar-refractivity contribution is 0.303. The molecule has 0 fully saturated rings. The summed E-state index contributed by atoms with van der Waals surface area (Å²) in [6, 6.07) is 19.8. The maximum absolute atomic E-state index is 12.6. The molecule has 1 unspecified atom stereocenters. The Morgan fingerprint density at radius 1 is 1.07 bits per heavy atom. The second-order valence-corrected chi connectivity index (χ2v) is 6.99. The summed E-state index contributed by atoms with van der Waals surface area (Å²) in [5, 5.41) is 7.69. The van der Waals surface area contributed by atoms with Crippen molar-refractivity contribution < 1.29 is 0 Å². The maximum Gasteiger partial charge on any atom is 0.292 e. The van der Waals surface area contributed by atoms with Gasteiger partial charge in [0.05, 0.1) is 17.6 Å². The van der Waals surface area contributed by atoms with E-state index < -0.39 is 0 Å². The molecule has 0 aliphatic carbocycles. The van der Waals surface area contributed by atoms with E-state index in [-0.39, 0.29) is 16.6 Å². The first-order valence-corrected chi connectivity index (χ1v) is 9.21. The Morgan fingerprint density at radius 2 is 1.70 bits per heavy atom. The van der Waals surface area contributed by atoms with Crippen molar-refractivity contribution in [1.82, 2.24) is 14.7 Å². The van der Waals surface area contributed by atoms with E-state index in [1.54, 1.807) is 6.20 Å². The van der Waals surface area contributed by atoms with Crippen molar-refractivity contribution in [3.63, 3.8) is 0 Å². The predicted molar refractivity (Wildman–Crippen MR) is 111 cm³/mol. The monoisotopic (exact) mass is 382 g/mol. The summed E-state index contributed by atoms with van der Waals surface area (Å²) in [4.78, 5) is 14.7. The molecule has 0 aliphatic rings. The molecule has 0 radical (unpaired) electrons. The van der Waals surface area contributed by atoms with Crippen molar-refractivity contribution in [1.29, 1.82) is 0 Å². The molecule has 27 heavy (non-hydrogen) atoms. The average Bonchev–Trinajstić information content (AvgIpc) is 2.69. The van der Waals surface area contributed by atoms with Crippen LogP contribution in [-0.2, 0) is 6.42 Å². The van der Waals surface area contributed by atoms with Crippen LogP contribution in [0.2, 0.25) is 5.02 Å². The highest BCUT2D eigenvalue weighted by Crippen LogP contribution is 2.17. The average molecular weight is 383 g/mol.